The second-order valence-electron chi connectivity index (χ2n) is 4.86. The first-order chi connectivity index (χ1) is 9.16. The Morgan fingerprint density at radius 1 is 1.37 bits per heavy atom. The number of benzene rings is 1. The van der Waals surface area contributed by atoms with Gasteiger partial charge in [0.25, 0.3) is 0 Å². The molecule has 19 heavy (non-hydrogen) atoms. The number of halogens is 1. The lowest BCUT2D eigenvalue weighted by Crippen LogP contribution is -2.20. The molecule has 0 bridgehead atoms. The van der Waals surface area contributed by atoms with Crippen LogP contribution < -0.4 is 0 Å². The quantitative estimate of drug-likeness (QED) is 0.823. The van der Waals surface area contributed by atoms with Crippen LogP contribution in [0.2, 0.25) is 0 Å². The van der Waals surface area contributed by atoms with Crippen molar-refractivity contribution < 1.29 is 9.90 Å². The van der Waals surface area contributed by atoms with Crippen molar-refractivity contribution in [1.82, 2.24) is 4.57 Å². The first kappa shape index (κ1) is 12.7. The summed E-state index contributed by atoms with van der Waals surface area (Å²) in [5.74, 6) is -0.856. The third-order valence-corrected chi connectivity index (χ3v) is 4.30. The van der Waals surface area contributed by atoms with Gasteiger partial charge in [0, 0.05) is 9.77 Å². The molecule has 1 aliphatic rings. The predicted molar refractivity (Wildman–Crippen MR) is 81.6 cm³/mol. The SMILES string of the molecule is O=C(O)c1cc(I)cn1C1CCCc2ccccc21. The number of hydrogen-bond acceptors (Lipinski definition) is 1. The van der Waals surface area contributed by atoms with Gasteiger partial charge in [-0.3, -0.25) is 0 Å². The number of hydrogen-bond donors (Lipinski definition) is 1. The maximum atomic E-state index is 11.4. The van der Waals surface area contributed by atoms with E-state index in [-0.39, 0.29) is 6.04 Å². The predicted octanol–water partition coefficient (Wildman–Crippen LogP) is 3.72. The average Bonchev–Trinajstić information content (AvgIpc) is 2.80. The topological polar surface area (TPSA) is 42.2 Å². The molecular weight excluding hydrogens is 353 g/mol. The molecule has 0 spiro atoms. The van der Waals surface area contributed by atoms with Crippen molar-refractivity contribution in [3.63, 3.8) is 0 Å². The smallest absolute Gasteiger partial charge is 0.352 e. The minimum absolute atomic E-state index is 0.152. The summed E-state index contributed by atoms with van der Waals surface area (Å²) in [6.45, 7) is 0. The van der Waals surface area contributed by atoms with E-state index in [1.165, 1.54) is 11.1 Å². The van der Waals surface area contributed by atoms with E-state index >= 15 is 0 Å². The second-order valence-corrected chi connectivity index (χ2v) is 6.11. The maximum Gasteiger partial charge on any atom is 0.352 e. The zero-order valence-corrected chi connectivity index (χ0v) is 12.5. The first-order valence-corrected chi connectivity index (χ1v) is 7.43. The van der Waals surface area contributed by atoms with Crippen molar-refractivity contribution in [2.45, 2.75) is 25.3 Å². The highest BCUT2D eigenvalue weighted by atomic mass is 127. The second kappa shape index (κ2) is 5.00. The number of fused-ring (bicyclic) bond motifs is 1. The molecule has 0 aliphatic heterocycles. The van der Waals surface area contributed by atoms with E-state index in [1.54, 1.807) is 6.07 Å². The fourth-order valence-corrected chi connectivity index (χ4v) is 3.49. The largest absolute Gasteiger partial charge is 0.477 e. The Bertz CT molecular complexity index is 633. The Balaban J connectivity index is 2.11. The number of nitrogens with zero attached hydrogens (tertiary/aromatic N) is 1. The van der Waals surface area contributed by atoms with Gasteiger partial charge in [0.1, 0.15) is 5.69 Å². The van der Waals surface area contributed by atoms with Crippen molar-refractivity contribution in [3.05, 3.63) is 56.9 Å². The summed E-state index contributed by atoms with van der Waals surface area (Å²) in [7, 11) is 0. The molecule has 1 aromatic carbocycles. The standard InChI is InChI=1S/C15H14INO2/c16-11-8-14(15(18)19)17(9-11)13-7-3-5-10-4-1-2-6-12(10)13/h1-2,4,6,8-9,13H,3,5,7H2,(H,18,19). The Morgan fingerprint density at radius 3 is 2.95 bits per heavy atom. The van der Waals surface area contributed by atoms with Gasteiger partial charge in [-0.1, -0.05) is 24.3 Å². The van der Waals surface area contributed by atoms with Crippen LogP contribution in [0.3, 0.4) is 0 Å². The highest BCUT2D eigenvalue weighted by Crippen LogP contribution is 2.34. The molecule has 0 radical (unpaired) electrons. The normalized spacial score (nSPS) is 18.1. The van der Waals surface area contributed by atoms with Crippen LogP contribution >= 0.6 is 22.6 Å². The van der Waals surface area contributed by atoms with Gasteiger partial charge in [-0.2, -0.15) is 0 Å². The monoisotopic (exact) mass is 367 g/mol. The molecule has 1 aliphatic carbocycles. The molecule has 0 saturated heterocycles. The van der Waals surface area contributed by atoms with Crippen molar-refractivity contribution >= 4 is 28.6 Å². The summed E-state index contributed by atoms with van der Waals surface area (Å²) in [6, 6.07) is 10.2. The molecule has 0 amide bonds. The molecule has 2 aromatic rings. The number of carbonyl (C=O) groups is 1. The minimum Gasteiger partial charge on any atom is -0.477 e. The van der Waals surface area contributed by atoms with Crippen LogP contribution in [0, 0.1) is 3.57 Å². The van der Waals surface area contributed by atoms with Crippen molar-refractivity contribution in [2.24, 2.45) is 0 Å². The molecule has 1 aromatic heterocycles. The third kappa shape index (κ3) is 2.29. The molecule has 0 saturated carbocycles. The first-order valence-electron chi connectivity index (χ1n) is 6.35. The Morgan fingerprint density at radius 2 is 2.16 bits per heavy atom. The lowest BCUT2D eigenvalue weighted by atomic mass is 9.87. The number of aromatic nitrogens is 1. The molecule has 1 unspecified atom stereocenters. The zero-order valence-electron chi connectivity index (χ0n) is 10.3. The number of carboxylic acids is 1. The van der Waals surface area contributed by atoms with Gasteiger partial charge in [0.15, 0.2) is 0 Å². The zero-order chi connectivity index (χ0) is 13.4. The van der Waals surface area contributed by atoms with Gasteiger partial charge in [0.2, 0.25) is 0 Å². The highest BCUT2D eigenvalue weighted by molar-refractivity contribution is 14.1. The summed E-state index contributed by atoms with van der Waals surface area (Å²) in [4.78, 5) is 11.4. The van der Waals surface area contributed by atoms with E-state index < -0.39 is 5.97 Å². The van der Waals surface area contributed by atoms with E-state index in [9.17, 15) is 9.90 Å². The molecule has 0 fully saturated rings. The van der Waals surface area contributed by atoms with Gasteiger partial charge >= 0.3 is 5.97 Å². The number of carboxylic acid groups (broad SMARTS) is 1. The molecule has 3 nitrogen and oxygen atoms in total. The van der Waals surface area contributed by atoms with Gasteiger partial charge < -0.3 is 9.67 Å². The molecule has 1 heterocycles. The minimum atomic E-state index is -0.856. The molecule has 4 heteroatoms. The van der Waals surface area contributed by atoms with Crippen LogP contribution in [0.5, 0.6) is 0 Å². The molecule has 3 rings (SSSR count). The highest BCUT2D eigenvalue weighted by Gasteiger charge is 2.25. The Hall–Kier alpha value is -1.30. The van der Waals surface area contributed by atoms with Gasteiger partial charge in [0.05, 0.1) is 6.04 Å². The summed E-state index contributed by atoms with van der Waals surface area (Å²) in [5.41, 5.74) is 2.99. The molecule has 98 valence electrons. The van der Waals surface area contributed by atoms with Crippen molar-refractivity contribution in [2.75, 3.05) is 0 Å². The Kier molecular flexibility index (Phi) is 3.35. The summed E-state index contributed by atoms with van der Waals surface area (Å²) in [6.07, 6.45) is 5.14. The third-order valence-electron chi connectivity index (χ3n) is 3.71. The van der Waals surface area contributed by atoms with Crippen molar-refractivity contribution in [1.29, 1.82) is 0 Å². The fourth-order valence-electron chi connectivity index (χ4n) is 2.89. The van der Waals surface area contributed by atoms with Gasteiger partial charge in [-0.25, -0.2) is 4.79 Å². The van der Waals surface area contributed by atoms with Gasteiger partial charge in [-0.15, -0.1) is 0 Å². The summed E-state index contributed by atoms with van der Waals surface area (Å²) >= 11 is 2.17. The molecular formula is C15H14INO2. The van der Waals surface area contributed by atoms with E-state index in [0.717, 1.165) is 22.8 Å². The van der Waals surface area contributed by atoms with Crippen molar-refractivity contribution in [3.8, 4) is 0 Å². The van der Waals surface area contributed by atoms with Crippen LogP contribution in [0.25, 0.3) is 0 Å². The van der Waals surface area contributed by atoms with Gasteiger partial charge in [-0.05, 0) is 59.0 Å². The van der Waals surface area contributed by atoms with Crippen LogP contribution in [0.1, 0.15) is 40.5 Å². The number of aromatic carboxylic acids is 1. The fraction of sp³-hybridized carbons (Fsp3) is 0.267. The summed E-state index contributed by atoms with van der Waals surface area (Å²) < 4.78 is 2.89. The number of rotatable bonds is 2. The number of aryl methyl sites for hydroxylation is 1. The van der Waals surface area contributed by atoms with Crippen LogP contribution in [0.4, 0.5) is 0 Å². The van der Waals surface area contributed by atoms with E-state index in [1.807, 2.05) is 16.8 Å². The summed E-state index contributed by atoms with van der Waals surface area (Å²) in [5, 5.41) is 9.33. The molecule has 1 atom stereocenters. The van der Waals surface area contributed by atoms with E-state index in [0.29, 0.717) is 5.69 Å². The van der Waals surface area contributed by atoms with Crippen LogP contribution in [0.15, 0.2) is 36.5 Å². The average molecular weight is 367 g/mol. The molecule has 1 N–H and O–H groups in total. The lowest BCUT2D eigenvalue weighted by Gasteiger charge is -2.27. The Labute approximate surface area is 125 Å². The van der Waals surface area contributed by atoms with Crippen LogP contribution in [-0.2, 0) is 6.42 Å². The van der Waals surface area contributed by atoms with Crippen LogP contribution in [-0.4, -0.2) is 15.6 Å². The maximum absolute atomic E-state index is 11.4. The van der Waals surface area contributed by atoms with E-state index in [4.69, 9.17) is 0 Å². The lowest BCUT2D eigenvalue weighted by molar-refractivity contribution is 0.0683. The van der Waals surface area contributed by atoms with E-state index in [2.05, 4.69) is 40.8 Å².